The van der Waals surface area contributed by atoms with Gasteiger partial charge in [0.1, 0.15) is 0 Å². The first-order valence-electron chi connectivity index (χ1n) is 6.88. The fourth-order valence-electron chi connectivity index (χ4n) is 2.98. The molecular weight excluding hydrogens is 220 g/mol. The van der Waals surface area contributed by atoms with Gasteiger partial charge in [0.2, 0.25) is 0 Å². The van der Waals surface area contributed by atoms with Gasteiger partial charge < -0.3 is 0 Å². The molecule has 1 saturated carbocycles. The van der Waals surface area contributed by atoms with Crippen molar-refractivity contribution in [2.75, 3.05) is 6.54 Å². The molecule has 0 atom stereocenters. The van der Waals surface area contributed by atoms with Crippen molar-refractivity contribution in [1.82, 2.24) is 4.90 Å². The van der Waals surface area contributed by atoms with E-state index in [1.165, 1.54) is 42.4 Å². The predicted octanol–water partition coefficient (Wildman–Crippen LogP) is 3.57. The predicted molar refractivity (Wildman–Crippen MR) is 74.2 cm³/mol. The molecule has 0 N–H and O–H groups in total. The Morgan fingerprint density at radius 1 is 1.22 bits per heavy atom. The molecule has 0 saturated heterocycles. The summed E-state index contributed by atoms with van der Waals surface area (Å²) in [6.07, 6.45) is 5.15. The lowest BCUT2D eigenvalue weighted by atomic mass is 10.0. The van der Waals surface area contributed by atoms with Crippen LogP contribution in [0.3, 0.4) is 0 Å². The van der Waals surface area contributed by atoms with Gasteiger partial charge in [0.25, 0.3) is 0 Å². The summed E-state index contributed by atoms with van der Waals surface area (Å²) in [5.41, 5.74) is 4.09. The van der Waals surface area contributed by atoms with Gasteiger partial charge in [-0.2, -0.15) is 5.26 Å². The summed E-state index contributed by atoms with van der Waals surface area (Å²) in [5, 5.41) is 9.02. The number of nitrogens with zero attached hydrogens (tertiary/aromatic N) is 2. The Bertz CT molecular complexity index is 419. The molecule has 2 rings (SSSR count). The lowest BCUT2D eigenvalue weighted by Crippen LogP contribution is -2.33. The number of aryl methyl sites for hydroxylation is 2. The Hall–Kier alpha value is -1.33. The van der Waals surface area contributed by atoms with Gasteiger partial charge in [-0.25, -0.2) is 0 Å². The molecule has 2 heteroatoms. The van der Waals surface area contributed by atoms with E-state index in [4.69, 9.17) is 5.26 Å². The van der Waals surface area contributed by atoms with Gasteiger partial charge in [-0.15, -0.1) is 0 Å². The van der Waals surface area contributed by atoms with Crippen LogP contribution in [-0.2, 0) is 6.54 Å². The second-order valence-electron chi connectivity index (χ2n) is 5.37. The average molecular weight is 242 g/mol. The molecule has 18 heavy (non-hydrogen) atoms. The molecule has 0 heterocycles. The summed E-state index contributed by atoms with van der Waals surface area (Å²) in [7, 11) is 0. The van der Waals surface area contributed by atoms with Crippen molar-refractivity contribution in [2.45, 2.75) is 52.1 Å². The minimum atomic E-state index is 0.554. The summed E-state index contributed by atoms with van der Waals surface area (Å²) in [4.78, 5) is 2.36. The van der Waals surface area contributed by atoms with E-state index in [-0.39, 0.29) is 0 Å². The Kier molecular flexibility index (Phi) is 4.38. The first-order valence-corrected chi connectivity index (χ1v) is 6.88. The first kappa shape index (κ1) is 13.1. The lowest BCUT2D eigenvalue weighted by Gasteiger charge is -2.27. The quantitative estimate of drug-likeness (QED) is 0.755. The largest absolute Gasteiger partial charge is 0.283 e. The molecule has 0 radical (unpaired) electrons. The zero-order chi connectivity index (χ0) is 13.0. The summed E-state index contributed by atoms with van der Waals surface area (Å²) < 4.78 is 0. The van der Waals surface area contributed by atoms with Crippen molar-refractivity contribution in [3.63, 3.8) is 0 Å². The summed E-state index contributed by atoms with van der Waals surface area (Å²) in [5.74, 6) is 0. The van der Waals surface area contributed by atoms with Crippen molar-refractivity contribution >= 4 is 0 Å². The van der Waals surface area contributed by atoms with Crippen LogP contribution in [0, 0.1) is 25.2 Å². The van der Waals surface area contributed by atoms with E-state index < -0.39 is 0 Å². The number of rotatable bonds is 4. The van der Waals surface area contributed by atoms with E-state index in [2.05, 4.69) is 43.0 Å². The zero-order valence-electron chi connectivity index (χ0n) is 11.4. The highest BCUT2D eigenvalue weighted by molar-refractivity contribution is 5.33. The van der Waals surface area contributed by atoms with Crippen LogP contribution in [0.4, 0.5) is 0 Å². The maximum atomic E-state index is 9.02. The summed E-state index contributed by atoms with van der Waals surface area (Å²) in [6.45, 7) is 5.82. The maximum absolute atomic E-state index is 9.02. The molecule has 1 aromatic carbocycles. The smallest absolute Gasteiger partial charge is 0.0871 e. The van der Waals surface area contributed by atoms with Gasteiger partial charge in [0.05, 0.1) is 12.6 Å². The first-order chi connectivity index (χ1) is 8.72. The molecule has 1 aliphatic carbocycles. The van der Waals surface area contributed by atoms with E-state index in [1.807, 2.05) is 0 Å². The summed E-state index contributed by atoms with van der Waals surface area (Å²) >= 11 is 0. The van der Waals surface area contributed by atoms with Gasteiger partial charge >= 0.3 is 0 Å². The third-order valence-corrected chi connectivity index (χ3v) is 4.12. The van der Waals surface area contributed by atoms with E-state index >= 15 is 0 Å². The minimum absolute atomic E-state index is 0.554. The van der Waals surface area contributed by atoms with Crippen LogP contribution in [-0.4, -0.2) is 17.5 Å². The monoisotopic (exact) mass is 242 g/mol. The molecule has 0 bridgehead atoms. The number of nitriles is 1. The SMILES string of the molecule is Cc1cccc(C)c1CN(CC#N)C1CCCC1. The van der Waals surface area contributed by atoms with Crippen LogP contribution < -0.4 is 0 Å². The molecule has 0 unspecified atom stereocenters. The average Bonchev–Trinajstić information content (AvgIpc) is 2.86. The van der Waals surface area contributed by atoms with E-state index in [9.17, 15) is 0 Å². The molecule has 2 nitrogen and oxygen atoms in total. The highest BCUT2D eigenvalue weighted by Crippen LogP contribution is 2.26. The van der Waals surface area contributed by atoms with E-state index in [0.29, 0.717) is 12.6 Å². The topological polar surface area (TPSA) is 27.0 Å². The van der Waals surface area contributed by atoms with Crippen molar-refractivity contribution < 1.29 is 0 Å². The van der Waals surface area contributed by atoms with Crippen LogP contribution in [0.1, 0.15) is 42.4 Å². The standard InChI is InChI=1S/C16H22N2/c1-13-6-5-7-14(2)16(13)12-18(11-10-17)15-8-3-4-9-15/h5-7,15H,3-4,8-9,11-12H2,1-2H3. The second kappa shape index (κ2) is 6.02. The van der Waals surface area contributed by atoms with E-state index in [1.54, 1.807) is 0 Å². The van der Waals surface area contributed by atoms with Gasteiger partial charge in [0.15, 0.2) is 0 Å². The third kappa shape index (κ3) is 2.91. The molecule has 1 aromatic rings. The number of hydrogen-bond donors (Lipinski definition) is 0. The van der Waals surface area contributed by atoms with Crippen LogP contribution in [0.2, 0.25) is 0 Å². The zero-order valence-corrected chi connectivity index (χ0v) is 11.4. The van der Waals surface area contributed by atoms with Gasteiger partial charge in [-0.3, -0.25) is 4.90 Å². The molecule has 1 aliphatic rings. The fraction of sp³-hybridized carbons (Fsp3) is 0.562. The minimum Gasteiger partial charge on any atom is -0.283 e. The van der Waals surface area contributed by atoms with Gasteiger partial charge in [-0.05, 0) is 43.4 Å². The molecule has 0 aliphatic heterocycles. The maximum Gasteiger partial charge on any atom is 0.0871 e. The van der Waals surface area contributed by atoms with E-state index in [0.717, 1.165) is 6.54 Å². The second-order valence-corrected chi connectivity index (χ2v) is 5.37. The Balaban J connectivity index is 2.15. The van der Waals surface area contributed by atoms with Crippen molar-refractivity contribution in [3.8, 4) is 6.07 Å². The normalized spacial score (nSPS) is 16.1. The Morgan fingerprint density at radius 3 is 2.39 bits per heavy atom. The number of benzene rings is 1. The highest BCUT2D eigenvalue weighted by Gasteiger charge is 2.23. The van der Waals surface area contributed by atoms with Crippen molar-refractivity contribution in [2.24, 2.45) is 0 Å². The molecule has 0 aromatic heterocycles. The Morgan fingerprint density at radius 2 is 1.83 bits per heavy atom. The van der Waals surface area contributed by atoms with Crippen LogP contribution in [0.15, 0.2) is 18.2 Å². The third-order valence-electron chi connectivity index (χ3n) is 4.12. The number of hydrogen-bond acceptors (Lipinski definition) is 2. The van der Waals surface area contributed by atoms with Crippen molar-refractivity contribution in [3.05, 3.63) is 34.9 Å². The van der Waals surface area contributed by atoms with Crippen LogP contribution >= 0.6 is 0 Å². The van der Waals surface area contributed by atoms with Crippen molar-refractivity contribution in [1.29, 1.82) is 5.26 Å². The van der Waals surface area contributed by atoms with Crippen LogP contribution in [0.5, 0.6) is 0 Å². The van der Waals surface area contributed by atoms with Gasteiger partial charge in [0, 0.05) is 12.6 Å². The summed E-state index contributed by atoms with van der Waals surface area (Å²) in [6, 6.07) is 9.39. The molecular formula is C16H22N2. The Labute approximate surface area is 110 Å². The van der Waals surface area contributed by atoms with Gasteiger partial charge in [-0.1, -0.05) is 31.0 Å². The fourth-order valence-corrected chi connectivity index (χ4v) is 2.98. The molecule has 1 fully saturated rings. The lowest BCUT2D eigenvalue weighted by molar-refractivity contribution is 0.213. The molecule has 0 amide bonds. The van der Waals surface area contributed by atoms with Crippen LogP contribution in [0.25, 0.3) is 0 Å². The molecule has 96 valence electrons. The highest BCUT2D eigenvalue weighted by atomic mass is 15.2. The molecule has 0 spiro atoms.